The number of rotatable bonds is 4. The van der Waals surface area contributed by atoms with Gasteiger partial charge in [-0.2, -0.15) is 0 Å². The van der Waals surface area contributed by atoms with Crippen LogP contribution in [0, 0.1) is 0 Å². The van der Waals surface area contributed by atoms with Crippen molar-refractivity contribution in [2.24, 2.45) is 7.05 Å². The third-order valence-corrected chi connectivity index (χ3v) is 4.73. The molecule has 0 amide bonds. The van der Waals surface area contributed by atoms with Crippen LogP contribution in [0.4, 0.5) is 0 Å². The zero-order valence-corrected chi connectivity index (χ0v) is 12.8. The zero-order valence-electron chi connectivity index (χ0n) is 12.0. The van der Waals surface area contributed by atoms with Gasteiger partial charge in [-0.1, -0.05) is 18.2 Å². The number of hydrogen-bond donors (Lipinski definition) is 1. The molecule has 0 radical (unpaired) electrons. The molecule has 0 aliphatic rings. The molecule has 2 atom stereocenters. The average Bonchev–Trinajstić information content (AvgIpc) is 3.07. The van der Waals surface area contributed by atoms with Crippen molar-refractivity contribution >= 4 is 22.4 Å². The van der Waals surface area contributed by atoms with Crippen LogP contribution in [0.5, 0.6) is 0 Å². The monoisotopic (exact) mass is 285 g/mol. The predicted molar refractivity (Wildman–Crippen MR) is 85.0 cm³/mol. The maximum absolute atomic E-state index is 4.75. The molecule has 104 valence electrons. The normalized spacial score (nSPS) is 14.6. The van der Waals surface area contributed by atoms with Gasteiger partial charge in [-0.25, -0.2) is 4.98 Å². The standard InChI is InChI=1S/C16H19N3S/c1-11(15-9-6-10-20-15)17-12(2)16-18-13-7-4-5-8-14(13)19(16)3/h4-12,17H,1-3H3/t11-,12?/m0/s1. The second kappa shape index (κ2) is 5.38. The van der Waals surface area contributed by atoms with Crippen molar-refractivity contribution in [1.29, 1.82) is 0 Å². The average molecular weight is 285 g/mol. The van der Waals surface area contributed by atoms with E-state index in [1.165, 1.54) is 10.4 Å². The third kappa shape index (κ3) is 2.37. The van der Waals surface area contributed by atoms with Gasteiger partial charge >= 0.3 is 0 Å². The number of thiophene rings is 1. The quantitative estimate of drug-likeness (QED) is 0.784. The van der Waals surface area contributed by atoms with Crippen molar-refractivity contribution in [3.63, 3.8) is 0 Å². The minimum Gasteiger partial charge on any atom is -0.330 e. The van der Waals surface area contributed by atoms with E-state index >= 15 is 0 Å². The molecule has 2 heterocycles. The van der Waals surface area contributed by atoms with E-state index in [1.807, 2.05) is 6.07 Å². The summed E-state index contributed by atoms with van der Waals surface area (Å²) in [7, 11) is 2.08. The van der Waals surface area contributed by atoms with Crippen molar-refractivity contribution in [2.45, 2.75) is 25.9 Å². The van der Waals surface area contributed by atoms with Crippen LogP contribution in [0.2, 0.25) is 0 Å². The second-order valence-corrected chi connectivity index (χ2v) is 6.12. The van der Waals surface area contributed by atoms with Crippen LogP contribution in [-0.2, 0) is 7.05 Å². The van der Waals surface area contributed by atoms with Crippen molar-refractivity contribution in [3.05, 3.63) is 52.5 Å². The highest BCUT2D eigenvalue weighted by Gasteiger charge is 2.17. The minimum absolute atomic E-state index is 0.212. The highest BCUT2D eigenvalue weighted by molar-refractivity contribution is 7.10. The molecule has 0 saturated heterocycles. The lowest BCUT2D eigenvalue weighted by atomic mass is 10.2. The van der Waals surface area contributed by atoms with Crippen molar-refractivity contribution in [1.82, 2.24) is 14.9 Å². The van der Waals surface area contributed by atoms with Gasteiger partial charge in [-0.3, -0.25) is 0 Å². The first-order chi connectivity index (χ1) is 9.66. The van der Waals surface area contributed by atoms with Gasteiger partial charge in [0.2, 0.25) is 0 Å². The van der Waals surface area contributed by atoms with E-state index in [9.17, 15) is 0 Å². The lowest BCUT2D eigenvalue weighted by Gasteiger charge is -2.19. The van der Waals surface area contributed by atoms with Gasteiger partial charge in [0.1, 0.15) is 5.82 Å². The Labute approximate surface area is 123 Å². The van der Waals surface area contributed by atoms with Gasteiger partial charge in [0.05, 0.1) is 17.1 Å². The van der Waals surface area contributed by atoms with Crippen LogP contribution >= 0.6 is 11.3 Å². The highest BCUT2D eigenvalue weighted by atomic mass is 32.1. The molecule has 20 heavy (non-hydrogen) atoms. The maximum Gasteiger partial charge on any atom is 0.126 e. The Hall–Kier alpha value is -1.65. The molecule has 2 aromatic heterocycles. The van der Waals surface area contributed by atoms with E-state index < -0.39 is 0 Å². The Bertz CT molecular complexity index is 700. The number of fused-ring (bicyclic) bond motifs is 1. The van der Waals surface area contributed by atoms with Crippen molar-refractivity contribution in [2.75, 3.05) is 0 Å². The van der Waals surface area contributed by atoms with E-state index in [0.717, 1.165) is 11.3 Å². The van der Waals surface area contributed by atoms with Gasteiger partial charge in [0.25, 0.3) is 0 Å². The summed E-state index contributed by atoms with van der Waals surface area (Å²) in [6.45, 7) is 4.37. The molecule has 4 heteroatoms. The maximum atomic E-state index is 4.75. The molecular formula is C16H19N3S. The van der Waals surface area contributed by atoms with E-state index in [1.54, 1.807) is 11.3 Å². The zero-order chi connectivity index (χ0) is 14.1. The summed E-state index contributed by atoms with van der Waals surface area (Å²) < 4.78 is 2.17. The number of imidazole rings is 1. The lowest BCUT2D eigenvalue weighted by molar-refractivity contribution is 0.473. The molecule has 1 aromatic carbocycles. The molecule has 0 saturated carbocycles. The summed E-state index contributed by atoms with van der Waals surface area (Å²) in [4.78, 5) is 6.11. The van der Waals surface area contributed by atoms with Crippen LogP contribution < -0.4 is 5.32 Å². The number of benzene rings is 1. The van der Waals surface area contributed by atoms with Gasteiger partial charge in [-0.15, -0.1) is 11.3 Å². The van der Waals surface area contributed by atoms with Crippen molar-refractivity contribution < 1.29 is 0 Å². The summed E-state index contributed by atoms with van der Waals surface area (Å²) in [5.41, 5.74) is 2.24. The fourth-order valence-corrected chi connectivity index (χ4v) is 3.36. The first-order valence-corrected chi connectivity index (χ1v) is 7.75. The van der Waals surface area contributed by atoms with Crippen molar-refractivity contribution in [3.8, 4) is 0 Å². The third-order valence-electron chi connectivity index (χ3n) is 3.68. The Balaban J connectivity index is 1.85. The van der Waals surface area contributed by atoms with Gasteiger partial charge in [0, 0.05) is 18.0 Å². The molecule has 1 unspecified atom stereocenters. The van der Waals surface area contributed by atoms with Crippen LogP contribution in [0.15, 0.2) is 41.8 Å². The number of nitrogens with one attached hydrogen (secondary N) is 1. The van der Waals surface area contributed by atoms with E-state index in [4.69, 9.17) is 4.98 Å². The molecule has 0 aliphatic heterocycles. The molecule has 0 spiro atoms. The van der Waals surface area contributed by atoms with Crippen LogP contribution in [0.3, 0.4) is 0 Å². The predicted octanol–water partition coefficient (Wildman–Crippen LogP) is 4.05. The largest absolute Gasteiger partial charge is 0.330 e. The van der Waals surface area contributed by atoms with Crippen LogP contribution in [-0.4, -0.2) is 9.55 Å². The lowest BCUT2D eigenvalue weighted by Crippen LogP contribution is -2.24. The Morgan fingerprint density at radius 2 is 1.90 bits per heavy atom. The number of hydrogen-bond acceptors (Lipinski definition) is 3. The SMILES string of the molecule is CC(N[C@@H](C)c1cccs1)c1nc2ccccc2n1C. The van der Waals surface area contributed by atoms with E-state index in [0.29, 0.717) is 6.04 Å². The van der Waals surface area contributed by atoms with E-state index in [-0.39, 0.29) is 6.04 Å². The topological polar surface area (TPSA) is 29.9 Å². The Morgan fingerprint density at radius 3 is 2.60 bits per heavy atom. The fourth-order valence-electron chi connectivity index (χ4n) is 2.62. The molecule has 0 fully saturated rings. The minimum atomic E-state index is 0.212. The van der Waals surface area contributed by atoms with Crippen LogP contribution in [0.1, 0.15) is 36.6 Å². The smallest absolute Gasteiger partial charge is 0.126 e. The molecule has 0 aliphatic carbocycles. The van der Waals surface area contributed by atoms with E-state index in [2.05, 4.69) is 66.5 Å². The molecule has 1 N–H and O–H groups in total. The summed E-state index contributed by atoms with van der Waals surface area (Å²) in [6.07, 6.45) is 0. The number of para-hydroxylation sites is 2. The Kier molecular flexibility index (Phi) is 3.59. The fraction of sp³-hybridized carbons (Fsp3) is 0.312. The number of aromatic nitrogens is 2. The van der Waals surface area contributed by atoms with Crippen LogP contribution in [0.25, 0.3) is 11.0 Å². The molecule has 0 bridgehead atoms. The van der Waals surface area contributed by atoms with Gasteiger partial charge in [-0.05, 0) is 37.4 Å². The summed E-state index contributed by atoms with van der Waals surface area (Å²) in [5.74, 6) is 1.08. The second-order valence-electron chi connectivity index (χ2n) is 5.14. The first kappa shape index (κ1) is 13.3. The summed E-state index contributed by atoms with van der Waals surface area (Å²) >= 11 is 1.79. The van der Waals surface area contributed by atoms with Gasteiger partial charge in [0.15, 0.2) is 0 Å². The molecule has 3 nitrogen and oxygen atoms in total. The summed E-state index contributed by atoms with van der Waals surface area (Å²) in [5, 5.41) is 5.75. The Morgan fingerprint density at radius 1 is 1.10 bits per heavy atom. The number of aryl methyl sites for hydroxylation is 1. The molecule has 3 aromatic rings. The molecule has 3 rings (SSSR count). The number of nitrogens with zero attached hydrogens (tertiary/aromatic N) is 2. The molecular weight excluding hydrogens is 266 g/mol. The summed E-state index contributed by atoms with van der Waals surface area (Å²) in [6, 6.07) is 13.1. The van der Waals surface area contributed by atoms with Gasteiger partial charge < -0.3 is 9.88 Å². The highest BCUT2D eigenvalue weighted by Crippen LogP contribution is 2.24. The first-order valence-electron chi connectivity index (χ1n) is 6.87.